The molecule has 0 bridgehead atoms. The molecule has 0 saturated carbocycles. The Balaban J connectivity index is 3.78. The zero-order chi connectivity index (χ0) is 11.4. The van der Waals surface area contributed by atoms with Gasteiger partial charge in [-0.25, -0.2) is 0 Å². The SMILES string of the molecule is CC(C)N[C@@H](C)COC(=O)C(C)(C)C. The molecule has 3 heteroatoms. The van der Waals surface area contributed by atoms with Crippen molar-refractivity contribution in [1.29, 1.82) is 0 Å². The van der Waals surface area contributed by atoms with Gasteiger partial charge in [-0.2, -0.15) is 0 Å². The molecule has 0 aromatic heterocycles. The molecular weight excluding hydrogens is 178 g/mol. The normalized spacial score (nSPS) is 14.2. The molecule has 14 heavy (non-hydrogen) atoms. The van der Waals surface area contributed by atoms with Crippen LogP contribution < -0.4 is 5.32 Å². The molecule has 0 aliphatic carbocycles. The van der Waals surface area contributed by atoms with Crippen molar-refractivity contribution in [2.45, 2.75) is 53.6 Å². The van der Waals surface area contributed by atoms with E-state index in [0.29, 0.717) is 12.6 Å². The number of carbonyl (C=O) groups excluding carboxylic acids is 1. The first-order valence-electron chi connectivity index (χ1n) is 5.16. The Morgan fingerprint density at radius 3 is 2.14 bits per heavy atom. The van der Waals surface area contributed by atoms with E-state index in [1.807, 2.05) is 27.7 Å². The van der Waals surface area contributed by atoms with Crippen LogP contribution in [0.5, 0.6) is 0 Å². The van der Waals surface area contributed by atoms with E-state index in [4.69, 9.17) is 4.74 Å². The Labute approximate surface area is 87.2 Å². The van der Waals surface area contributed by atoms with Crippen molar-refractivity contribution in [3.05, 3.63) is 0 Å². The van der Waals surface area contributed by atoms with E-state index in [1.54, 1.807) is 0 Å². The lowest BCUT2D eigenvalue weighted by molar-refractivity contribution is -0.153. The van der Waals surface area contributed by atoms with Crippen molar-refractivity contribution in [1.82, 2.24) is 5.32 Å². The fraction of sp³-hybridized carbons (Fsp3) is 0.909. The van der Waals surface area contributed by atoms with Crippen molar-refractivity contribution in [3.8, 4) is 0 Å². The Bertz CT molecular complexity index is 182. The molecule has 0 aliphatic heterocycles. The van der Waals surface area contributed by atoms with Crippen LogP contribution in [0, 0.1) is 5.41 Å². The van der Waals surface area contributed by atoms with Crippen LogP contribution in [0.25, 0.3) is 0 Å². The minimum atomic E-state index is -0.405. The monoisotopic (exact) mass is 201 g/mol. The van der Waals surface area contributed by atoms with Crippen LogP contribution in [0.2, 0.25) is 0 Å². The fourth-order valence-electron chi connectivity index (χ4n) is 1.03. The van der Waals surface area contributed by atoms with E-state index in [1.165, 1.54) is 0 Å². The minimum absolute atomic E-state index is 0.144. The molecule has 3 nitrogen and oxygen atoms in total. The third-order valence-corrected chi connectivity index (χ3v) is 1.69. The first kappa shape index (κ1) is 13.4. The molecule has 0 amide bonds. The summed E-state index contributed by atoms with van der Waals surface area (Å²) in [5, 5.41) is 3.27. The van der Waals surface area contributed by atoms with Gasteiger partial charge in [0.25, 0.3) is 0 Å². The fourth-order valence-corrected chi connectivity index (χ4v) is 1.03. The molecule has 0 fully saturated rings. The highest BCUT2D eigenvalue weighted by atomic mass is 16.5. The first-order valence-corrected chi connectivity index (χ1v) is 5.16. The quantitative estimate of drug-likeness (QED) is 0.707. The summed E-state index contributed by atoms with van der Waals surface area (Å²) < 4.78 is 5.17. The lowest BCUT2D eigenvalue weighted by Crippen LogP contribution is -2.37. The maximum Gasteiger partial charge on any atom is 0.311 e. The summed E-state index contributed by atoms with van der Waals surface area (Å²) in [6.45, 7) is 12.2. The maximum absolute atomic E-state index is 11.4. The second-order valence-electron chi connectivity index (χ2n) is 5.07. The van der Waals surface area contributed by atoms with Gasteiger partial charge in [-0.15, -0.1) is 0 Å². The maximum atomic E-state index is 11.4. The Morgan fingerprint density at radius 1 is 1.29 bits per heavy atom. The van der Waals surface area contributed by atoms with Crippen LogP contribution in [0.15, 0.2) is 0 Å². The lowest BCUT2D eigenvalue weighted by atomic mass is 9.97. The molecule has 0 aliphatic rings. The summed E-state index contributed by atoms with van der Waals surface area (Å²) in [7, 11) is 0. The molecule has 0 spiro atoms. The average Bonchev–Trinajstić information content (AvgIpc) is 1.96. The van der Waals surface area contributed by atoms with E-state index >= 15 is 0 Å². The number of esters is 1. The van der Waals surface area contributed by atoms with E-state index in [-0.39, 0.29) is 12.0 Å². The second kappa shape index (κ2) is 5.35. The van der Waals surface area contributed by atoms with E-state index < -0.39 is 5.41 Å². The Morgan fingerprint density at radius 2 is 1.79 bits per heavy atom. The van der Waals surface area contributed by atoms with Gasteiger partial charge in [0.05, 0.1) is 5.41 Å². The summed E-state index contributed by atoms with van der Waals surface area (Å²) in [4.78, 5) is 11.4. The van der Waals surface area contributed by atoms with Crippen LogP contribution in [0.4, 0.5) is 0 Å². The number of hydrogen-bond donors (Lipinski definition) is 1. The standard InChI is InChI=1S/C11H23NO2/c1-8(2)12-9(3)7-14-10(13)11(4,5)6/h8-9,12H,7H2,1-6H3/t9-/m0/s1. The summed E-state index contributed by atoms with van der Waals surface area (Å²) in [5.74, 6) is -0.144. The summed E-state index contributed by atoms with van der Waals surface area (Å²) in [6.07, 6.45) is 0. The van der Waals surface area contributed by atoms with Crippen molar-refractivity contribution in [2.75, 3.05) is 6.61 Å². The second-order valence-corrected chi connectivity index (χ2v) is 5.07. The van der Waals surface area contributed by atoms with Gasteiger partial charge in [0.2, 0.25) is 0 Å². The number of ether oxygens (including phenoxy) is 1. The molecule has 0 rings (SSSR count). The highest BCUT2D eigenvalue weighted by Crippen LogP contribution is 2.14. The molecular formula is C11H23NO2. The van der Waals surface area contributed by atoms with E-state index in [9.17, 15) is 4.79 Å². The van der Waals surface area contributed by atoms with Crippen molar-refractivity contribution >= 4 is 5.97 Å². The van der Waals surface area contributed by atoms with Gasteiger partial charge in [-0.05, 0) is 27.7 Å². The van der Waals surface area contributed by atoms with Gasteiger partial charge in [0.15, 0.2) is 0 Å². The number of hydrogen-bond acceptors (Lipinski definition) is 3. The highest BCUT2D eigenvalue weighted by molar-refractivity contribution is 5.75. The van der Waals surface area contributed by atoms with Crippen LogP contribution in [-0.4, -0.2) is 24.7 Å². The minimum Gasteiger partial charge on any atom is -0.464 e. The van der Waals surface area contributed by atoms with Gasteiger partial charge in [-0.1, -0.05) is 13.8 Å². The molecule has 0 aromatic rings. The van der Waals surface area contributed by atoms with Crippen LogP contribution in [0.3, 0.4) is 0 Å². The van der Waals surface area contributed by atoms with Gasteiger partial charge >= 0.3 is 5.97 Å². The summed E-state index contributed by atoms with van der Waals surface area (Å²) in [6, 6.07) is 0.625. The Hall–Kier alpha value is -0.570. The van der Waals surface area contributed by atoms with Crippen molar-refractivity contribution < 1.29 is 9.53 Å². The van der Waals surface area contributed by atoms with Crippen LogP contribution >= 0.6 is 0 Å². The van der Waals surface area contributed by atoms with E-state index in [0.717, 1.165) is 0 Å². The molecule has 0 aromatic carbocycles. The third kappa shape index (κ3) is 5.97. The number of rotatable bonds is 4. The molecule has 0 saturated heterocycles. The first-order chi connectivity index (χ1) is 6.23. The topological polar surface area (TPSA) is 38.3 Å². The number of carbonyl (C=O) groups is 1. The zero-order valence-electron chi connectivity index (χ0n) is 10.2. The molecule has 0 heterocycles. The number of nitrogens with one attached hydrogen (secondary N) is 1. The molecule has 0 radical (unpaired) electrons. The van der Waals surface area contributed by atoms with Gasteiger partial charge in [-0.3, -0.25) is 4.79 Å². The molecule has 1 atom stereocenters. The van der Waals surface area contributed by atoms with Gasteiger partial charge < -0.3 is 10.1 Å². The van der Waals surface area contributed by atoms with Crippen molar-refractivity contribution in [2.24, 2.45) is 5.41 Å². The van der Waals surface area contributed by atoms with Crippen LogP contribution in [-0.2, 0) is 9.53 Å². The highest BCUT2D eigenvalue weighted by Gasteiger charge is 2.23. The third-order valence-electron chi connectivity index (χ3n) is 1.69. The molecule has 0 unspecified atom stereocenters. The lowest BCUT2D eigenvalue weighted by Gasteiger charge is -2.20. The predicted molar refractivity (Wildman–Crippen MR) is 58.1 cm³/mol. The molecule has 84 valence electrons. The molecule has 1 N–H and O–H groups in total. The summed E-state index contributed by atoms with van der Waals surface area (Å²) >= 11 is 0. The zero-order valence-corrected chi connectivity index (χ0v) is 10.2. The summed E-state index contributed by atoms with van der Waals surface area (Å²) in [5.41, 5.74) is -0.405. The smallest absolute Gasteiger partial charge is 0.311 e. The van der Waals surface area contributed by atoms with Crippen molar-refractivity contribution in [3.63, 3.8) is 0 Å². The largest absolute Gasteiger partial charge is 0.464 e. The Kier molecular flexibility index (Phi) is 5.13. The van der Waals surface area contributed by atoms with Gasteiger partial charge in [0, 0.05) is 12.1 Å². The predicted octanol–water partition coefficient (Wildman–Crippen LogP) is 1.96. The van der Waals surface area contributed by atoms with Crippen LogP contribution in [0.1, 0.15) is 41.5 Å². The van der Waals surface area contributed by atoms with E-state index in [2.05, 4.69) is 19.2 Å². The average molecular weight is 201 g/mol. The van der Waals surface area contributed by atoms with Gasteiger partial charge in [0.1, 0.15) is 6.61 Å².